The summed E-state index contributed by atoms with van der Waals surface area (Å²) < 4.78 is 0. The van der Waals surface area contributed by atoms with Crippen LogP contribution in [0.4, 0.5) is 0 Å². The topological polar surface area (TPSA) is 60.0 Å². The number of carbonyl (C=O) groups excluding carboxylic acids is 1. The van der Waals surface area contributed by atoms with Crippen LogP contribution in [-0.2, 0) is 24.3 Å². The van der Waals surface area contributed by atoms with Gasteiger partial charge >= 0.3 is 0 Å². The normalized spacial score (nSPS) is 16.6. The number of carbonyl (C=O) groups is 1. The molecule has 32 heavy (non-hydrogen) atoms. The number of nitrogens with zero attached hydrogens (tertiary/aromatic N) is 3. The summed E-state index contributed by atoms with van der Waals surface area (Å²) in [6.07, 6.45) is 1.51. The number of guanidine groups is 1. The maximum Gasteiger partial charge on any atom is 0.223 e. The third-order valence-electron chi connectivity index (χ3n) is 6.03. The van der Waals surface area contributed by atoms with Crippen molar-refractivity contribution in [2.24, 2.45) is 10.9 Å². The summed E-state index contributed by atoms with van der Waals surface area (Å²) in [7, 11) is 3.92. The Hall–Kier alpha value is -2.86. The van der Waals surface area contributed by atoms with Crippen LogP contribution in [0.15, 0.2) is 59.6 Å². The van der Waals surface area contributed by atoms with Crippen LogP contribution >= 0.6 is 0 Å². The second kappa shape index (κ2) is 12.2. The van der Waals surface area contributed by atoms with Gasteiger partial charge in [-0.05, 0) is 36.7 Å². The minimum Gasteiger partial charge on any atom is -0.356 e. The first-order chi connectivity index (χ1) is 15.6. The van der Waals surface area contributed by atoms with Gasteiger partial charge in [-0.1, -0.05) is 61.5 Å². The molecule has 0 saturated carbocycles. The highest BCUT2D eigenvalue weighted by Crippen LogP contribution is 2.17. The van der Waals surface area contributed by atoms with Gasteiger partial charge in [0.15, 0.2) is 5.96 Å². The van der Waals surface area contributed by atoms with Gasteiger partial charge in [0.1, 0.15) is 0 Å². The molecule has 1 heterocycles. The van der Waals surface area contributed by atoms with Gasteiger partial charge in [0.25, 0.3) is 0 Å². The fourth-order valence-electron chi connectivity index (χ4n) is 4.02. The van der Waals surface area contributed by atoms with E-state index in [0.717, 1.165) is 51.6 Å². The molecule has 3 rings (SSSR count). The highest BCUT2D eigenvalue weighted by Gasteiger charge is 2.29. The fraction of sp³-hybridized carbons (Fsp3) is 0.462. The maximum absolute atomic E-state index is 12.4. The molecule has 0 spiro atoms. The standard InChI is InChI=1S/C26H37N5O/c1-4-30(3)19-23-12-8-11-22(15-23)17-28-26(27-2)29-18-24-16-25(32)31(20-24)14-13-21-9-6-5-7-10-21/h5-12,15,24H,4,13-14,16-20H2,1-3H3,(H2,27,28,29). The molecule has 2 aromatic rings. The summed E-state index contributed by atoms with van der Waals surface area (Å²) in [6, 6.07) is 19.0. The minimum absolute atomic E-state index is 0.254. The van der Waals surface area contributed by atoms with E-state index >= 15 is 0 Å². The SMILES string of the molecule is CCN(C)Cc1cccc(CNC(=NC)NCC2CC(=O)N(CCc3ccccc3)C2)c1. The van der Waals surface area contributed by atoms with Crippen LogP contribution in [0, 0.1) is 5.92 Å². The molecule has 1 aliphatic rings. The van der Waals surface area contributed by atoms with Crippen molar-refractivity contribution in [1.82, 2.24) is 20.4 Å². The Morgan fingerprint density at radius 2 is 1.84 bits per heavy atom. The number of benzene rings is 2. The predicted octanol–water partition coefficient (Wildman–Crippen LogP) is 2.89. The number of rotatable bonds is 10. The fourth-order valence-corrected chi connectivity index (χ4v) is 4.02. The van der Waals surface area contributed by atoms with Crippen molar-refractivity contribution in [3.63, 3.8) is 0 Å². The van der Waals surface area contributed by atoms with E-state index in [2.05, 4.69) is 70.9 Å². The van der Waals surface area contributed by atoms with Gasteiger partial charge in [-0.2, -0.15) is 0 Å². The van der Waals surface area contributed by atoms with Crippen LogP contribution in [0.1, 0.15) is 30.0 Å². The van der Waals surface area contributed by atoms with E-state index in [4.69, 9.17) is 0 Å². The Morgan fingerprint density at radius 1 is 1.09 bits per heavy atom. The molecule has 0 aromatic heterocycles. The van der Waals surface area contributed by atoms with E-state index in [1.165, 1.54) is 16.7 Å². The zero-order chi connectivity index (χ0) is 22.8. The number of hydrogen-bond donors (Lipinski definition) is 2. The predicted molar refractivity (Wildman–Crippen MR) is 131 cm³/mol. The zero-order valence-corrected chi connectivity index (χ0v) is 19.7. The molecule has 1 atom stereocenters. The number of amides is 1. The first kappa shape index (κ1) is 23.8. The molecule has 2 aromatic carbocycles. The lowest BCUT2D eigenvalue weighted by molar-refractivity contribution is -0.127. The lowest BCUT2D eigenvalue weighted by Gasteiger charge is -2.18. The zero-order valence-electron chi connectivity index (χ0n) is 19.7. The number of nitrogens with one attached hydrogen (secondary N) is 2. The van der Waals surface area contributed by atoms with Gasteiger partial charge in [0.2, 0.25) is 5.91 Å². The van der Waals surface area contributed by atoms with Gasteiger partial charge in [-0.3, -0.25) is 9.79 Å². The maximum atomic E-state index is 12.4. The molecular weight excluding hydrogens is 398 g/mol. The van der Waals surface area contributed by atoms with E-state index in [9.17, 15) is 4.79 Å². The molecule has 0 radical (unpaired) electrons. The van der Waals surface area contributed by atoms with Crippen LogP contribution in [0.3, 0.4) is 0 Å². The first-order valence-electron chi connectivity index (χ1n) is 11.6. The van der Waals surface area contributed by atoms with Crippen molar-refractivity contribution in [3.05, 3.63) is 71.3 Å². The van der Waals surface area contributed by atoms with Crippen molar-refractivity contribution in [1.29, 1.82) is 0 Å². The minimum atomic E-state index is 0.254. The van der Waals surface area contributed by atoms with Crippen molar-refractivity contribution >= 4 is 11.9 Å². The van der Waals surface area contributed by atoms with Crippen molar-refractivity contribution in [2.45, 2.75) is 32.9 Å². The van der Waals surface area contributed by atoms with Gasteiger partial charge < -0.3 is 20.4 Å². The van der Waals surface area contributed by atoms with E-state index in [1.54, 1.807) is 7.05 Å². The number of aliphatic imine (C=N–C) groups is 1. The van der Waals surface area contributed by atoms with Crippen molar-refractivity contribution in [3.8, 4) is 0 Å². The van der Waals surface area contributed by atoms with Gasteiger partial charge in [-0.15, -0.1) is 0 Å². The molecule has 1 fully saturated rings. The quantitative estimate of drug-likeness (QED) is 0.445. The van der Waals surface area contributed by atoms with Gasteiger partial charge in [0, 0.05) is 52.1 Å². The van der Waals surface area contributed by atoms with E-state index in [1.807, 2.05) is 23.1 Å². The summed E-state index contributed by atoms with van der Waals surface area (Å²) in [5.41, 5.74) is 3.83. The average molecular weight is 436 g/mol. The summed E-state index contributed by atoms with van der Waals surface area (Å²) in [6.45, 7) is 7.21. The van der Waals surface area contributed by atoms with Crippen LogP contribution in [0.5, 0.6) is 0 Å². The molecule has 172 valence electrons. The Labute approximate surface area is 192 Å². The van der Waals surface area contributed by atoms with E-state index < -0.39 is 0 Å². The number of likely N-dealkylation sites (tertiary alicyclic amines) is 1. The van der Waals surface area contributed by atoms with Crippen LogP contribution in [0.25, 0.3) is 0 Å². The molecule has 1 amide bonds. The summed E-state index contributed by atoms with van der Waals surface area (Å²) in [5.74, 6) is 1.34. The average Bonchev–Trinajstić information content (AvgIpc) is 3.18. The monoisotopic (exact) mass is 435 g/mol. The molecule has 2 N–H and O–H groups in total. The molecule has 6 heteroatoms. The van der Waals surface area contributed by atoms with Crippen LogP contribution in [0.2, 0.25) is 0 Å². The smallest absolute Gasteiger partial charge is 0.223 e. The highest BCUT2D eigenvalue weighted by atomic mass is 16.2. The summed E-state index contributed by atoms with van der Waals surface area (Å²) in [4.78, 5) is 21.0. The van der Waals surface area contributed by atoms with E-state index in [-0.39, 0.29) is 5.91 Å². The molecule has 1 saturated heterocycles. The lowest BCUT2D eigenvalue weighted by Crippen LogP contribution is -2.40. The first-order valence-corrected chi connectivity index (χ1v) is 11.6. The second-order valence-corrected chi connectivity index (χ2v) is 8.60. The largest absolute Gasteiger partial charge is 0.356 e. The number of hydrogen-bond acceptors (Lipinski definition) is 3. The molecule has 1 unspecified atom stereocenters. The highest BCUT2D eigenvalue weighted by molar-refractivity contribution is 5.80. The summed E-state index contributed by atoms with van der Waals surface area (Å²) >= 11 is 0. The van der Waals surface area contributed by atoms with Crippen molar-refractivity contribution in [2.75, 3.05) is 40.3 Å². The third kappa shape index (κ3) is 7.38. The second-order valence-electron chi connectivity index (χ2n) is 8.60. The van der Waals surface area contributed by atoms with Gasteiger partial charge in [0.05, 0.1) is 0 Å². The Morgan fingerprint density at radius 3 is 2.59 bits per heavy atom. The van der Waals surface area contributed by atoms with Crippen LogP contribution < -0.4 is 10.6 Å². The molecule has 0 bridgehead atoms. The molecule has 1 aliphatic heterocycles. The third-order valence-corrected chi connectivity index (χ3v) is 6.03. The van der Waals surface area contributed by atoms with Gasteiger partial charge in [-0.25, -0.2) is 0 Å². The van der Waals surface area contributed by atoms with Crippen LogP contribution in [-0.4, -0.2) is 61.9 Å². The molecule has 6 nitrogen and oxygen atoms in total. The Bertz CT molecular complexity index is 883. The van der Waals surface area contributed by atoms with E-state index in [0.29, 0.717) is 12.3 Å². The van der Waals surface area contributed by atoms with Crippen molar-refractivity contribution < 1.29 is 4.79 Å². The molecule has 0 aliphatic carbocycles. The Balaban J connectivity index is 1.42. The summed E-state index contributed by atoms with van der Waals surface area (Å²) in [5, 5.41) is 6.80. The molecular formula is C26H37N5O. The lowest BCUT2D eigenvalue weighted by atomic mass is 10.1. The Kier molecular flexibility index (Phi) is 9.11.